The Balaban J connectivity index is 2.00. The van der Waals surface area contributed by atoms with Crippen LogP contribution in [0.25, 0.3) is 11.2 Å². The predicted molar refractivity (Wildman–Crippen MR) is 76.5 cm³/mol. The number of H-pyrrole nitrogens is 1. The van der Waals surface area contributed by atoms with Crippen molar-refractivity contribution in [1.82, 2.24) is 19.9 Å². The number of sulfone groups is 1. The minimum atomic E-state index is -2.98. The number of nitrogens with one attached hydrogen (secondary N) is 3. The Morgan fingerprint density at radius 2 is 2.20 bits per heavy atom. The molecular weight excluding hydrogens is 280 g/mol. The fourth-order valence-corrected chi connectivity index (χ4v) is 4.52. The van der Waals surface area contributed by atoms with Gasteiger partial charge in [0.25, 0.3) is 0 Å². The molecule has 1 aliphatic rings. The zero-order valence-corrected chi connectivity index (χ0v) is 12.1. The molecule has 9 heteroatoms. The van der Waals surface area contributed by atoms with Crippen LogP contribution < -0.4 is 10.6 Å². The average Bonchev–Trinajstić information content (AvgIpc) is 2.93. The number of aromatic nitrogens is 4. The van der Waals surface area contributed by atoms with Crippen LogP contribution in [0.15, 0.2) is 6.33 Å². The molecule has 0 aromatic carbocycles. The van der Waals surface area contributed by atoms with E-state index in [1.54, 1.807) is 7.05 Å². The zero-order valence-electron chi connectivity index (χ0n) is 11.3. The highest BCUT2D eigenvalue weighted by atomic mass is 32.2. The average molecular weight is 296 g/mol. The second kappa shape index (κ2) is 4.30. The summed E-state index contributed by atoms with van der Waals surface area (Å²) in [5.74, 6) is 1.31. The van der Waals surface area contributed by atoms with Gasteiger partial charge in [-0.15, -0.1) is 0 Å². The Bertz CT molecular complexity index is 755. The predicted octanol–water partition coefficient (Wildman–Crippen LogP) is 0.384. The van der Waals surface area contributed by atoms with Crippen molar-refractivity contribution >= 4 is 32.8 Å². The van der Waals surface area contributed by atoms with Gasteiger partial charge >= 0.3 is 0 Å². The van der Waals surface area contributed by atoms with Gasteiger partial charge in [0, 0.05) is 7.05 Å². The van der Waals surface area contributed by atoms with E-state index < -0.39 is 15.4 Å². The molecule has 108 valence electrons. The second-order valence-corrected chi connectivity index (χ2v) is 7.46. The van der Waals surface area contributed by atoms with Crippen LogP contribution in [0.1, 0.15) is 13.3 Å². The first kappa shape index (κ1) is 13.1. The molecule has 0 bridgehead atoms. The van der Waals surface area contributed by atoms with Crippen molar-refractivity contribution in [3.8, 4) is 0 Å². The van der Waals surface area contributed by atoms with Crippen molar-refractivity contribution < 1.29 is 8.42 Å². The summed E-state index contributed by atoms with van der Waals surface area (Å²) in [6, 6.07) is 0. The molecule has 20 heavy (non-hydrogen) atoms. The van der Waals surface area contributed by atoms with E-state index in [1.807, 2.05) is 6.92 Å². The van der Waals surface area contributed by atoms with E-state index in [0.29, 0.717) is 29.4 Å². The molecule has 0 amide bonds. The van der Waals surface area contributed by atoms with E-state index in [2.05, 4.69) is 30.6 Å². The van der Waals surface area contributed by atoms with Crippen molar-refractivity contribution in [3.63, 3.8) is 0 Å². The molecule has 8 nitrogen and oxygen atoms in total. The Morgan fingerprint density at radius 3 is 2.85 bits per heavy atom. The summed E-state index contributed by atoms with van der Waals surface area (Å²) in [5.41, 5.74) is 0.696. The molecular formula is C11H16N6O2S. The van der Waals surface area contributed by atoms with Crippen LogP contribution in [0.3, 0.4) is 0 Å². The molecule has 1 fully saturated rings. The van der Waals surface area contributed by atoms with Gasteiger partial charge in [0.1, 0.15) is 5.52 Å². The van der Waals surface area contributed by atoms with Gasteiger partial charge in [0.15, 0.2) is 21.3 Å². The first-order valence-electron chi connectivity index (χ1n) is 6.28. The monoisotopic (exact) mass is 296 g/mol. The number of hydrogen-bond acceptors (Lipinski definition) is 7. The fourth-order valence-electron chi connectivity index (χ4n) is 2.43. The maximum absolute atomic E-state index is 11.7. The van der Waals surface area contributed by atoms with Crippen LogP contribution >= 0.6 is 0 Å². The third-order valence-corrected chi connectivity index (χ3v) is 5.34. The van der Waals surface area contributed by atoms with Gasteiger partial charge in [0.05, 0.1) is 23.4 Å². The van der Waals surface area contributed by atoms with Crippen LogP contribution in [0.5, 0.6) is 0 Å². The second-order valence-electron chi connectivity index (χ2n) is 5.27. The topological polar surface area (TPSA) is 113 Å². The Morgan fingerprint density at radius 1 is 1.40 bits per heavy atom. The molecule has 0 aliphatic carbocycles. The Kier molecular flexibility index (Phi) is 2.82. The maximum atomic E-state index is 11.7. The maximum Gasteiger partial charge on any atom is 0.226 e. The summed E-state index contributed by atoms with van der Waals surface area (Å²) >= 11 is 0. The highest BCUT2D eigenvalue weighted by molar-refractivity contribution is 7.91. The molecule has 3 N–H and O–H groups in total. The van der Waals surface area contributed by atoms with Gasteiger partial charge in [0.2, 0.25) is 5.95 Å². The lowest BCUT2D eigenvalue weighted by molar-refractivity contribution is 0.572. The largest absolute Gasteiger partial charge is 0.362 e. The number of nitrogens with zero attached hydrogens (tertiary/aromatic N) is 3. The van der Waals surface area contributed by atoms with Crippen molar-refractivity contribution in [2.75, 3.05) is 29.2 Å². The number of aromatic amines is 1. The van der Waals surface area contributed by atoms with Crippen LogP contribution in [0.4, 0.5) is 11.8 Å². The van der Waals surface area contributed by atoms with Gasteiger partial charge in [-0.1, -0.05) is 0 Å². The number of imidazole rings is 1. The van der Waals surface area contributed by atoms with E-state index in [4.69, 9.17) is 0 Å². The lowest BCUT2D eigenvalue weighted by Gasteiger charge is -2.24. The van der Waals surface area contributed by atoms with E-state index in [0.717, 1.165) is 0 Å². The quantitative estimate of drug-likeness (QED) is 0.750. The summed E-state index contributed by atoms with van der Waals surface area (Å²) in [4.78, 5) is 15.7. The summed E-state index contributed by atoms with van der Waals surface area (Å²) in [6.45, 7) is 1.89. The van der Waals surface area contributed by atoms with E-state index in [9.17, 15) is 8.42 Å². The molecule has 3 heterocycles. The van der Waals surface area contributed by atoms with Crippen molar-refractivity contribution in [1.29, 1.82) is 0 Å². The van der Waals surface area contributed by atoms with E-state index in [1.165, 1.54) is 6.33 Å². The van der Waals surface area contributed by atoms with Crippen LogP contribution in [0.2, 0.25) is 0 Å². The molecule has 0 saturated carbocycles. The standard InChI is InChI=1S/C11H16N6O2S/c1-11(3-4-20(18,19)5-11)17-9-7-8(14-6-13-7)15-10(12-2)16-9/h6H,3-5H2,1-2H3,(H3,12,13,14,15,16,17). The third kappa shape index (κ3) is 2.28. The molecule has 1 saturated heterocycles. The lowest BCUT2D eigenvalue weighted by atomic mass is 10.0. The molecule has 2 aromatic rings. The number of rotatable bonds is 3. The number of fused-ring (bicyclic) bond motifs is 1. The molecule has 0 radical (unpaired) electrons. The van der Waals surface area contributed by atoms with Crippen molar-refractivity contribution in [2.24, 2.45) is 0 Å². The lowest BCUT2D eigenvalue weighted by Crippen LogP contribution is -2.36. The molecule has 1 aliphatic heterocycles. The summed E-state index contributed by atoms with van der Waals surface area (Å²) < 4.78 is 23.3. The van der Waals surface area contributed by atoms with E-state index in [-0.39, 0.29) is 11.5 Å². The summed E-state index contributed by atoms with van der Waals surface area (Å²) in [7, 11) is -1.26. The van der Waals surface area contributed by atoms with Crippen molar-refractivity contribution in [2.45, 2.75) is 18.9 Å². The van der Waals surface area contributed by atoms with E-state index >= 15 is 0 Å². The summed E-state index contributed by atoms with van der Waals surface area (Å²) in [6.07, 6.45) is 2.10. The molecule has 3 rings (SSSR count). The first-order chi connectivity index (χ1) is 9.41. The number of hydrogen-bond donors (Lipinski definition) is 3. The van der Waals surface area contributed by atoms with Crippen molar-refractivity contribution in [3.05, 3.63) is 6.33 Å². The smallest absolute Gasteiger partial charge is 0.226 e. The summed E-state index contributed by atoms with van der Waals surface area (Å²) in [5, 5.41) is 6.10. The van der Waals surface area contributed by atoms with Gasteiger partial charge in [-0.3, -0.25) is 0 Å². The minimum absolute atomic E-state index is 0.106. The minimum Gasteiger partial charge on any atom is -0.362 e. The first-order valence-corrected chi connectivity index (χ1v) is 8.10. The Labute approximate surface area is 116 Å². The van der Waals surface area contributed by atoms with Gasteiger partial charge in [-0.25, -0.2) is 13.4 Å². The van der Waals surface area contributed by atoms with Gasteiger partial charge < -0.3 is 15.6 Å². The highest BCUT2D eigenvalue weighted by Gasteiger charge is 2.39. The fraction of sp³-hybridized carbons (Fsp3) is 0.545. The van der Waals surface area contributed by atoms with Gasteiger partial charge in [-0.05, 0) is 13.3 Å². The normalized spacial score (nSPS) is 24.9. The van der Waals surface area contributed by atoms with Crippen LogP contribution in [-0.2, 0) is 9.84 Å². The molecule has 2 aromatic heterocycles. The van der Waals surface area contributed by atoms with Gasteiger partial charge in [-0.2, -0.15) is 9.97 Å². The molecule has 1 unspecified atom stereocenters. The molecule has 0 spiro atoms. The molecule has 1 atom stereocenters. The highest BCUT2D eigenvalue weighted by Crippen LogP contribution is 2.29. The third-order valence-electron chi connectivity index (χ3n) is 3.43. The zero-order chi connectivity index (χ0) is 14.4. The Hall–Kier alpha value is -1.90. The van der Waals surface area contributed by atoms with Crippen LogP contribution in [0, 0.1) is 0 Å². The SMILES string of the molecule is CNc1nc(NC2(C)CCS(=O)(=O)C2)c2[nH]cnc2n1. The number of anilines is 2. The van der Waals surface area contributed by atoms with Crippen LogP contribution in [-0.4, -0.2) is 52.4 Å².